The molecule has 0 radical (unpaired) electrons. The minimum Gasteiger partial charge on any atom is -0.497 e. The van der Waals surface area contributed by atoms with E-state index in [1.165, 1.54) is 13.2 Å². The van der Waals surface area contributed by atoms with Crippen molar-refractivity contribution < 1.29 is 31.5 Å². The van der Waals surface area contributed by atoms with Crippen molar-refractivity contribution in [2.24, 2.45) is 0 Å². The summed E-state index contributed by atoms with van der Waals surface area (Å²) in [7, 11) is 1.28. The fraction of sp³-hybridized carbons (Fsp3) is 0.263. The number of alkyl halides is 3. The Morgan fingerprint density at radius 3 is 2.50 bits per heavy atom. The molecule has 2 atom stereocenters. The van der Waals surface area contributed by atoms with Crippen molar-refractivity contribution >= 4 is 22.4 Å². The first-order valence-corrected chi connectivity index (χ1v) is 9.93. The lowest BCUT2D eigenvalue weighted by molar-refractivity contribution is -0.141. The average molecular weight is 471 g/mol. The summed E-state index contributed by atoms with van der Waals surface area (Å²) in [5.74, 6) is -3.08. The van der Waals surface area contributed by atoms with Crippen molar-refractivity contribution in [2.45, 2.75) is 18.1 Å². The first-order valence-electron chi connectivity index (χ1n) is 9.11. The van der Waals surface area contributed by atoms with E-state index >= 15 is 0 Å². The van der Waals surface area contributed by atoms with Gasteiger partial charge in [0.1, 0.15) is 29.1 Å². The molecule has 1 amide bonds. The maximum absolute atomic E-state index is 14.5. The van der Waals surface area contributed by atoms with Crippen LogP contribution in [0.2, 0.25) is 0 Å². The van der Waals surface area contributed by atoms with E-state index in [9.17, 15) is 26.7 Å². The summed E-state index contributed by atoms with van der Waals surface area (Å²) in [5.41, 5.74) is -1.03. The van der Waals surface area contributed by atoms with Crippen molar-refractivity contribution in [3.63, 3.8) is 0 Å². The minimum atomic E-state index is -4.57. The molecule has 3 aromatic rings. The Kier molecular flexibility index (Phi) is 5.67. The van der Waals surface area contributed by atoms with Gasteiger partial charge >= 0.3 is 6.18 Å². The monoisotopic (exact) mass is 471 g/mol. The summed E-state index contributed by atoms with van der Waals surface area (Å²) in [6.45, 7) is -0.00878. The van der Waals surface area contributed by atoms with Crippen molar-refractivity contribution in [3.05, 3.63) is 53.4 Å². The van der Waals surface area contributed by atoms with E-state index in [2.05, 4.69) is 25.8 Å². The molecule has 4 rings (SSSR count). The van der Waals surface area contributed by atoms with Crippen LogP contribution in [-0.4, -0.2) is 40.8 Å². The summed E-state index contributed by atoms with van der Waals surface area (Å²) in [6, 6.07) is 3.03. The number of hydrogen-bond donors (Lipinski definition) is 2. The van der Waals surface area contributed by atoms with Crippen LogP contribution < -0.4 is 15.4 Å². The molecule has 0 saturated carbocycles. The van der Waals surface area contributed by atoms with Crippen molar-refractivity contribution in [3.8, 4) is 16.3 Å². The fourth-order valence-corrected chi connectivity index (χ4v) is 4.08. The second kappa shape index (κ2) is 8.30. The summed E-state index contributed by atoms with van der Waals surface area (Å²) < 4.78 is 71.9. The third-order valence-corrected chi connectivity index (χ3v) is 5.75. The number of hydrogen-bond acceptors (Lipinski definition) is 7. The molecule has 0 bridgehead atoms. The maximum Gasteiger partial charge on any atom is 0.433 e. The van der Waals surface area contributed by atoms with E-state index in [0.717, 1.165) is 35.7 Å². The highest BCUT2D eigenvalue weighted by atomic mass is 32.1. The maximum atomic E-state index is 14.5. The summed E-state index contributed by atoms with van der Waals surface area (Å²) >= 11 is 0.958. The third-order valence-electron chi connectivity index (χ3n) is 4.84. The third kappa shape index (κ3) is 4.20. The van der Waals surface area contributed by atoms with E-state index in [0.29, 0.717) is 5.56 Å². The fourth-order valence-electron chi connectivity index (χ4n) is 3.31. The highest BCUT2D eigenvalue weighted by Gasteiger charge is 2.39. The zero-order chi connectivity index (χ0) is 23.0. The Hall–Kier alpha value is -3.35. The molecule has 13 heteroatoms. The van der Waals surface area contributed by atoms with Gasteiger partial charge < -0.3 is 15.4 Å². The van der Waals surface area contributed by atoms with Crippen LogP contribution in [0, 0.1) is 11.6 Å². The van der Waals surface area contributed by atoms with Crippen LogP contribution in [0.25, 0.3) is 10.6 Å². The Bertz CT molecular complexity index is 1130. The molecule has 7 nitrogen and oxygen atoms in total. The van der Waals surface area contributed by atoms with Crippen LogP contribution in [-0.2, 0) is 11.0 Å². The number of aromatic nitrogens is 3. The normalized spacial score (nSPS) is 18.5. The van der Waals surface area contributed by atoms with Crippen LogP contribution in [0.15, 0.2) is 30.5 Å². The molecule has 3 heterocycles. The Balaban J connectivity index is 1.56. The molecule has 2 aromatic heterocycles. The van der Waals surface area contributed by atoms with Gasteiger partial charge in [-0.15, -0.1) is 10.2 Å². The molecular weight excluding hydrogens is 457 g/mol. The van der Waals surface area contributed by atoms with Gasteiger partial charge in [-0.1, -0.05) is 11.3 Å². The molecule has 1 aliphatic heterocycles. The van der Waals surface area contributed by atoms with Gasteiger partial charge in [0, 0.05) is 41.9 Å². The van der Waals surface area contributed by atoms with Crippen LogP contribution in [0.3, 0.4) is 0 Å². The molecule has 1 aromatic carbocycles. The number of amides is 1. The predicted molar refractivity (Wildman–Crippen MR) is 104 cm³/mol. The highest BCUT2D eigenvalue weighted by molar-refractivity contribution is 7.18. The molecule has 1 aliphatic rings. The molecule has 1 fully saturated rings. The van der Waals surface area contributed by atoms with Gasteiger partial charge in [0.15, 0.2) is 5.01 Å². The number of carbonyl (C=O) groups excluding carboxylic acids is 1. The zero-order valence-electron chi connectivity index (χ0n) is 16.2. The van der Waals surface area contributed by atoms with Gasteiger partial charge in [-0.05, 0) is 12.1 Å². The van der Waals surface area contributed by atoms with E-state index in [1.54, 1.807) is 0 Å². The predicted octanol–water partition coefficient (Wildman–Crippen LogP) is 3.60. The molecule has 0 spiro atoms. The van der Waals surface area contributed by atoms with E-state index in [-0.39, 0.29) is 28.0 Å². The van der Waals surface area contributed by atoms with Crippen molar-refractivity contribution in [2.75, 3.05) is 19.0 Å². The average Bonchev–Trinajstić information content (AvgIpc) is 3.35. The van der Waals surface area contributed by atoms with Gasteiger partial charge in [-0.3, -0.25) is 9.78 Å². The molecule has 2 unspecified atom stereocenters. The van der Waals surface area contributed by atoms with Crippen molar-refractivity contribution in [1.29, 1.82) is 0 Å². The van der Waals surface area contributed by atoms with Gasteiger partial charge in [-0.2, -0.15) is 13.2 Å². The number of methoxy groups -OCH3 is 1. The van der Waals surface area contributed by atoms with Gasteiger partial charge in [0.05, 0.1) is 7.11 Å². The number of carbonyl (C=O) groups is 1. The number of ether oxygens (including phenoxy) is 1. The van der Waals surface area contributed by atoms with Gasteiger partial charge in [0.25, 0.3) is 0 Å². The van der Waals surface area contributed by atoms with Crippen LogP contribution in [0.5, 0.6) is 5.75 Å². The second-order valence-electron chi connectivity index (χ2n) is 6.82. The van der Waals surface area contributed by atoms with Crippen LogP contribution in [0.1, 0.15) is 17.2 Å². The molecular formula is C19H14F5N5O2S. The highest BCUT2D eigenvalue weighted by Crippen LogP contribution is 2.35. The molecule has 2 N–H and O–H groups in total. The molecule has 32 heavy (non-hydrogen) atoms. The Morgan fingerprint density at radius 2 is 1.91 bits per heavy atom. The SMILES string of the molecule is COc1cc(F)c(C2CNC(=O)C2Nc2nnc(-c3ccc(C(F)(F)F)nc3)s2)c(F)c1. The lowest BCUT2D eigenvalue weighted by Crippen LogP contribution is -2.33. The van der Waals surface area contributed by atoms with Crippen LogP contribution in [0.4, 0.5) is 27.1 Å². The Labute approximate surface area is 181 Å². The van der Waals surface area contributed by atoms with E-state index in [4.69, 9.17) is 4.74 Å². The largest absolute Gasteiger partial charge is 0.497 e. The topological polar surface area (TPSA) is 89.0 Å². The number of halogens is 5. The van der Waals surface area contributed by atoms with Gasteiger partial charge in [0.2, 0.25) is 11.0 Å². The smallest absolute Gasteiger partial charge is 0.433 e. The zero-order valence-corrected chi connectivity index (χ0v) is 17.0. The number of anilines is 1. The number of rotatable bonds is 5. The second-order valence-corrected chi connectivity index (χ2v) is 7.80. The molecule has 0 aliphatic carbocycles. The van der Waals surface area contributed by atoms with E-state index in [1.807, 2.05) is 0 Å². The lowest BCUT2D eigenvalue weighted by atomic mass is 9.93. The lowest BCUT2D eigenvalue weighted by Gasteiger charge is -2.19. The van der Waals surface area contributed by atoms with Gasteiger partial charge in [-0.25, -0.2) is 8.78 Å². The minimum absolute atomic E-state index is 0.00413. The first-order chi connectivity index (χ1) is 15.2. The standard InChI is InChI=1S/C19H14F5N5O2S/c1-31-9-4-11(20)14(12(21)5-9)10-7-26-16(30)15(10)27-18-29-28-17(32-18)8-2-3-13(25-6-8)19(22,23)24/h2-6,10,15H,7H2,1H3,(H,26,30)(H,27,29). The first kappa shape index (κ1) is 21.9. The van der Waals surface area contributed by atoms with E-state index < -0.39 is 41.4 Å². The summed E-state index contributed by atoms with van der Waals surface area (Å²) in [4.78, 5) is 15.7. The van der Waals surface area contributed by atoms with Crippen LogP contribution >= 0.6 is 11.3 Å². The number of nitrogens with zero attached hydrogens (tertiary/aromatic N) is 3. The summed E-state index contributed by atoms with van der Waals surface area (Å²) in [6.07, 6.45) is -3.55. The number of benzene rings is 1. The molecule has 168 valence electrons. The molecule has 1 saturated heterocycles. The Morgan fingerprint density at radius 1 is 1.19 bits per heavy atom. The number of nitrogens with one attached hydrogen (secondary N) is 2. The summed E-state index contributed by atoms with van der Waals surface area (Å²) in [5, 5.41) is 13.6. The number of pyridine rings is 1. The quantitative estimate of drug-likeness (QED) is 0.553. The van der Waals surface area contributed by atoms with Crippen molar-refractivity contribution in [1.82, 2.24) is 20.5 Å².